The van der Waals surface area contributed by atoms with Gasteiger partial charge in [-0.3, -0.25) is 14.2 Å². The number of H-pyrrole nitrogens is 1. The summed E-state index contributed by atoms with van der Waals surface area (Å²) in [5, 5.41) is 22.0. The number of aliphatic hydroxyl groups is 2. The standard InChI is InChI=1S/C30H23ClN4O4/c1-15-18(3-2-4-25(15)35-14-33-23-10-6-17(31)12-22(23)30(35)39)19-8-9-21(29(32)38)28-27(19)20-7-5-16(26(37)13-36)11-24(20)34-28/h2-12,14,26,34,36-37H,13H2,1H3,(H2,32,38). The molecule has 4 aromatic carbocycles. The largest absolute Gasteiger partial charge is 0.393 e. The zero-order chi connectivity index (χ0) is 27.4. The van der Waals surface area contributed by atoms with Crippen molar-refractivity contribution in [2.24, 2.45) is 5.73 Å². The van der Waals surface area contributed by atoms with E-state index in [1.165, 1.54) is 10.9 Å². The van der Waals surface area contributed by atoms with Gasteiger partial charge < -0.3 is 20.9 Å². The normalized spacial score (nSPS) is 12.4. The minimum Gasteiger partial charge on any atom is -0.393 e. The van der Waals surface area contributed by atoms with E-state index in [0.717, 1.165) is 27.5 Å². The van der Waals surface area contributed by atoms with Crippen LogP contribution in [0.2, 0.25) is 5.02 Å². The van der Waals surface area contributed by atoms with Gasteiger partial charge in [0.1, 0.15) is 12.4 Å². The van der Waals surface area contributed by atoms with E-state index in [0.29, 0.717) is 43.8 Å². The van der Waals surface area contributed by atoms with E-state index in [4.69, 9.17) is 17.3 Å². The molecule has 194 valence electrons. The summed E-state index contributed by atoms with van der Waals surface area (Å²) >= 11 is 6.15. The minimum absolute atomic E-state index is 0.237. The Morgan fingerprint density at radius 1 is 1.08 bits per heavy atom. The Bertz CT molecular complexity index is 2010. The van der Waals surface area contributed by atoms with Crippen LogP contribution in [-0.2, 0) is 0 Å². The highest BCUT2D eigenvalue weighted by molar-refractivity contribution is 6.31. The third kappa shape index (κ3) is 3.97. The van der Waals surface area contributed by atoms with Crippen LogP contribution < -0.4 is 11.3 Å². The number of benzene rings is 4. The zero-order valence-electron chi connectivity index (χ0n) is 20.8. The molecule has 0 aliphatic carbocycles. The molecule has 0 aliphatic rings. The summed E-state index contributed by atoms with van der Waals surface area (Å²) < 4.78 is 1.50. The molecule has 0 fully saturated rings. The lowest BCUT2D eigenvalue weighted by Gasteiger charge is -2.15. The maximum atomic E-state index is 13.4. The van der Waals surface area contributed by atoms with Crippen molar-refractivity contribution in [1.29, 1.82) is 0 Å². The number of carbonyl (C=O) groups excluding carboxylic acids is 1. The van der Waals surface area contributed by atoms with Gasteiger partial charge in [-0.05, 0) is 65.6 Å². The van der Waals surface area contributed by atoms with Crippen molar-refractivity contribution in [2.75, 3.05) is 6.61 Å². The highest BCUT2D eigenvalue weighted by Gasteiger charge is 2.20. The van der Waals surface area contributed by atoms with Crippen molar-refractivity contribution in [2.45, 2.75) is 13.0 Å². The molecule has 0 bridgehead atoms. The predicted octanol–water partition coefficient (Wildman–Crippen LogP) is 4.77. The fourth-order valence-corrected chi connectivity index (χ4v) is 5.39. The predicted molar refractivity (Wildman–Crippen MR) is 152 cm³/mol. The van der Waals surface area contributed by atoms with Crippen LogP contribution in [0.25, 0.3) is 49.5 Å². The summed E-state index contributed by atoms with van der Waals surface area (Å²) in [5.41, 5.74) is 11.3. The number of fused-ring (bicyclic) bond motifs is 4. The highest BCUT2D eigenvalue weighted by atomic mass is 35.5. The summed E-state index contributed by atoms with van der Waals surface area (Å²) in [6.45, 7) is 1.52. The first-order valence-corrected chi connectivity index (χ1v) is 12.6. The molecular formula is C30H23ClN4O4. The van der Waals surface area contributed by atoms with Crippen LogP contribution in [0.5, 0.6) is 0 Å². The van der Waals surface area contributed by atoms with E-state index in [1.807, 2.05) is 37.3 Å². The van der Waals surface area contributed by atoms with Gasteiger partial charge >= 0.3 is 0 Å². The average molecular weight is 539 g/mol. The van der Waals surface area contributed by atoms with E-state index in [9.17, 15) is 19.8 Å². The van der Waals surface area contributed by atoms with Crippen LogP contribution in [0.1, 0.15) is 27.6 Å². The zero-order valence-corrected chi connectivity index (χ0v) is 21.5. The SMILES string of the molecule is Cc1c(-c2ccc(C(N)=O)c3[nH]c4cc(C(O)CO)ccc4c23)cccc1-n1cnc2ccc(Cl)cc2c1=O. The second-order valence-corrected chi connectivity index (χ2v) is 9.87. The van der Waals surface area contributed by atoms with Crippen LogP contribution in [0.3, 0.4) is 0 Å². The maximum Gasteiger partial charge on any atom is 0.265 e. The van der Waals surface area contributed by atoms with Gasteiger partial charge in [0.05, 0.1) is 34.3 Å². The fraction of sp³-hybridized carbons (Fsp3) is 0.100. The number of amides is 1. The van der Waals surface area contributed by atoms with Gasteiger partial charge in [-0.2, -0.15) is 0 Å². The number of hydrogen-bond acceptors (Lipinski definition) is 5. The minimum atomic E-state index is -1.03. The van der Waals surface area contributed by atoms with Gasteiger partial charge in [0, 0.05) is 21.3 Å². The number of nitrogens with zero attached hydrogens (tertiary/aromatic N) is 2. The maximum absolute atomic E-state index is 13.4. The monoisotopic (exact) mass is 538 g/mol. The second-order valence-electron chi connectivity index (χ2n) is 9.43. The quantitative estimate of drug-likeness (QED) is 0.251. The van der Waals surface area contributed by atoms with Crippen molar-refractivity contribution < 1.29 is 15.0 Å². The number of carbonyl (C=O) groups is 1. The number of nitrogens with one attached hydrogen (secondary N) is 1. The molecular weight excluding hydrogens is 516 g/mol. The Kier molecular flexibility index (Phi) is 5.95. The van der Waals surface area contributed by atoms with E-state index >= 15 is 0 Å². The number of rotatable bonds is 5. The third-order valence-corrected chi connectivity index (χ3v) is 7.41. The third-order valence-electron chi connectivity index (χ3n) is 7.18. The summed E-state index contributed by atoms with van der Waals surface area (Å²) in [7, 11) is 0. The number of aromatic amines is 1. The van der Waals surface area contributed by atoms with Crippen LogP contribution in [0.4, 0.5) is 0 Å². The smallest absolute Gasteiger partial charge is 0.265 e. The highest BCUT2D eigenvalue weighted by Crippen LogP contribution is 2.39. The Balaban J connectivity index is 1.62. The second kappa shape index (κ2) is 9.36. The van der Waals surface area contributed by atoms with Gasteiger partial charge in [0.25, 0.3) is 11.5 Å². The first-order valence-electron chi connectivity index (χ1n) is 12.2. The first-order chi connectivity index (χ1) is 18.8. The first kappa shape index (κ1) is 24.8. The van der Waals surface area contributed by atoms with E-state index < -0.39 is 18.6 Å². The molecule has 2 heterocycles. The van der Waals surface area contributed by atoms with Crippen LogP contribution >= 0.6 is 11.6 Å². The molecule has 6 aromatic rings. The molecule has 0 saturated heterocycles. The Hall–Kier alpha value is -4.50. The van der Waals surface area contributed by atoms with Gasteiger partial charge in [-0.25, -0.2) is 4.98 Å². The van der Waals surface area contributed by atoms with Crippen molar-refractivity contribution >= 4 is 50.2 Å². The molecule has 6 rings (SSSR count). The lowest BCUT2D eigenvalue weighted by Crippen LogP contribution is -2.19. The molecule has 0 radical (unpaired) electrons. The molecule has 0 aliphatic heterocycles. The van der Waals surface area contributed by atoms with Crippen molar-refractivity contribution in [3.8, 4) is 16.8 Å². The number of hydrogen-bond donors (Lipinski definition) is 4. The van der Waals surface area contributed by atoms with E-state index in [1.54, 1.807) is 36.4 Å². The van der Waals surface area contributed by atoms with Gasteiger partial charge in [-0.1, -0.05) is 41.9 Å². The summed E-state index contributed by atoms with van der Waals surface area (Å²) in [5.74, 6) is -0.577. The summed E-state index contributed by atoms with van der Waals surface area (Å²) in [6, 6.07) is 19.6. The van der Waals surface area contributed by atoms with E-state index in [2.05, 4.69) is 9.97 Å². The van der Waals surface area contributed by atoms with Gasteiger partial charge in [0.2, 0.25) is 0 Å². The van der Waals surface area contributed by atoms with Crippen molar-refractivity contribution in [3.63, 3.8) is 0 Å². The van der Waals surface area contributed by atoms with Gasteiger partial charge in [-0.15, -0.1) is 0 Å². The summed E-state index contributed by atoms with van der Waals surface area (Å²) in [4.78, 5) is 33.5. The van der Waals surface area contributed by atoms with Gasteiger partial charge in [0.15, 0.2) is 0 Å². The molecule has 5 N–H and O–H groups in total. The van der Waals surface area contributed by atoms with Crippen molar-refractivity contribution in [1.82, 2.24) is 14.5 Å². The molecule has 8 nitrogen and oxygen atoms in total. The molecule has 0 saturated carbocycles. The number of primary amides is 1. The lowest BCUT2D eigenvalue weighted by atomic mass is 9.93. The molecule has 9 heteroatoms. The number of aliphatic hydroxyl groups excluding tert-OH is 2. The average Bonchev–Trinajstić information content (AvgIpc) is 3.32. The van der Waals surface area contributed by atoms with Crippen molar-refractivity contribution in [3.05, 3.63) is 105 Å². The number of aromatic nitrogens is 3. The van der Waals surface area contributed by atoms with E-state index in [-0.39, 0.29) is 5.56 Å². The molecule has 39 heavy (non-hydrogen) atoms. The molecule has 1 amide bonds. The number of halogens is 1. The fourth-order valence-electron chi connectivity index (χ4n) is 5.21. The topological polar surface area (TPSA) is 134 Å². The molecule has 2 aromatic heterocycles. The van der Waals surface area contributed by atoms with Crippen LogP contribution in [0.15, 0.2) is 77.9 Å². The Morgan fingerprint density at radius 3 is 2.67 bits per heavy atom. The lowest BCUT2D eigenvalue weighted by molar-refractivity contribution is 0.0957. The molecule has 1 atom stereocenters. The Labute approximate surface area is 226 Å². The summed E-state index contributed by atoms with van der Waals surface area (Å²) in [6.07, 6.45) is 0.481. The molecule has 1 unspecified atom stereocenters. The number of nitrogens with two attached hydrogens (primary N) is 1. The van der Waals surface area contributed by atoms with Crippen LogP contribution in [0, 0.1) is 6.92 Å². The molecule has 0 spiro atoms. The Morgan fingerprint density at radius 2 is 1.90 bits per heavy atom. The van der Waals surface area contributed by atoms with Crippen LogP contribution in [-0.4, -0.2) is 37.3 Å².